The Bertz CT molecular complexity index is 449. The first-order valence-electron chi connectivity index (χ1n) is 6.02. The molecule has 2 aliphatic carbocycles. The van der Waals surface area contributed by atoms with Crippen molar-refractivity contribution in [3.8, 4) is 0 Å². The number of nitrogens with one attached hydrogen (secondary N) is 1. The molecule has 2 fully saturated rings. The minimum Gasteiger partial charge on any atom is -0.354 e. The molecule has 0 aromatic rings. The van der Waals surface area contributed by atoms with Crippen LogP contribution in [0, 0.1) is 5.92 Å². The van der Waals surface area contributed by atoms with Gasteiger partial charge in [0.2, 0.25) is 11.8 Å². The molecule has 0 bridgehead atoms. The van der Waals surface area contributed by atoms with Crippen LogP contribution in [-0.4, -0.2) is 37.8 Å². The summed E-state index contributed by atoms with van der Waals surface area (Å²) in [6.45, 7) is 0.145. The van der Waals surface area contributed by atoms with E-state index in [2.05, 4.69) is 5.32 Å². The maximum absolute atomic E-state index is 12.6. The fourth-order valence-corrected chi connectivity index (χ4v) is 4.03. The third-order valence-electron chi connectivity index (χ3n) is 4.01. The predicted octanol–water partition coefficient (Wildman–Crippen LogP) is 1.12. The molecular weight excluding hydrogens is 264 g/mol. The van der Waals surface area contributed by atoms with E-state index in [4.69, 9.17) is 0 Å². The second-order valence-corrected chi connectivity index (χ2v) is 7.79. The molecule has 0 saturated heterocycles. The number of carbonyl (C=O) groups is 1. The van der Waals surface area contributed by atoms with Gasteiger partial charge in [0.1, 0.15) is 4.75 Å². The van der Waals surface area contributed by atoms with Crippen LogP contribution in [0.15, 0.2) is 0 Å². The number of rotatable bonds is 4. The van der Waals surface area contributed by atoms with Crippen LogP contribution in [0.5, 0.6) is 0 Å². The summed E-state index contributed by atoms with van der Waals surface area (Å²) in [5, 5.41) is 2.52. The van der Waals surface area contributed by atoms with Crippen molar-refractivity contribution in [1.82, 2.24) is 5.32 Å². The molecular formula is C11H17F2NO3S. The van der Waals surface area contributed by atoms with Gasteiger partial charge in [0.25, 0.3) is 0 Å². The lowest BCUT2D eigenvalue weighted by molar-refractivity contribution is -0.130. The Kier molecular flexibility index (Phi) is 3.16. The minimum absolute atomic E-state index is 0.145. The zero-order valence-corrected chi connectivity index (χ0v) is 11.0. The van der Waals surface area contributed by atoms with E-state index in [1.54, 1.807) is 0 Å². The smallest absolute Gasteiger partial charge is 0.248 e. The van der Waals surface area contributed by atoms with Crippen LogP contribution >= 0.6 is 0 Å². The van der Waals surface area contributed by atoms with Crippen molar-refractivity contribution in [3.63, 3.8) is 0 Å². The number of hydrogen-bond acceptors (Lipinski definition) is 3. The van der Waals surface area contributed by atoms with Gasteiger partial charge in [-0.3, -0.25) is 4.79 Å². The van der Waals surface area contributed by atoms with Crippen LogP contribution in [0.2, 0.25) is 0 Å². The highest BCUT2D eigenvalue weighted by atomic mass is 32.2. The number of sulfone groups is 1. The quantitative estimate of drug-likeness (QED) is 0.839. The lowest BCUT2D eigenvalue weighted by Gasteiger charge is -2.40. The summed E-state index contributed by atoms with van der Waals surface area (Å²) >= 11 is 0. The summed E-state index contributed by atoms with van der Waals surface area (Å²) in [5.74, 6) is -3.37. The van der Waals surface area contributed by atoms with Crippen LogP contribution < -0.4 is 5.32 Å². The minimum atomic E-state index is -3.45. The SMILES string of the molecule is CS(=O)(=O)C1(C(=O)NCC2CC(F)(F)C2)CCC1. The zero-order chi connectivity index (χ0) is 13.6. The van der Waals surface area contributed by atoms with Crippen molar-refractivity contribution in [3.05, 3.63) is 0 Å². The molecule has 2 rings (SSSR count). The molecule has 0 heterocycles. The van der Waals surface area contributed by atoms with Crippen molar-refractivity contribution < 1.29 is 22.0 Å². The number of halogens is 2. The fourth-order valence-electron chi connectivity index (χ4n) is 2.59. The molecule has 4 nitrogen and oxygen atoms in total. The average molecular weight is 281 g/mol. The lowest BCUT2D eigenvalue weighted by atomic mass is 9.80. The molecule has 1 N–H and O–H groups in total. The first-order valence-corrected chi connectivity index (χ1v) is 7.91. The van der Waals surface area contributed by atoms with E-state index >= 15 is 0 Å². The molecule has 18 heavy (non-hydrogen) atoms. The van der Waals surface area contributed by atoms with Crippen LogP contribution in [0.1, 0.15) is 32.1 Å². The van der Waals surface area contributed by atoms with Crippen LogP contribution in [0.4, 0.5) is 8.78 Å². The predicted molar refractivity (Wildman–Crippen MR) is 62.1 cm³/mol. The van der Waals surface area contributed by atoms with E-state index in [0.29, 0.717) is 19.3 Å². The summed E-state index contributed by atoms with van der Waals surface area (Å²) in [6, 6.07) is 0. The summed E-state index contributed by atoms with van der Waals surface area (Å²) in [4.78, 5) is 11.9. The normalized spacial score (nSPS) is 25.9. The van der Waals surface area contributed by atoms with E-state index in [9.17, 15) is 22.0 Å². The highest BCUT2D eigenvalue weighted by Crippen LogP contribution is 2.42. The van der Waals surface area contributed by atoms with E-state index in [1.807, 2.05) is 0 Å². The van der Waals surface area contributed by atoms with Gasteiger partial charge in [0.05, 0.1) is 0 Å². The first-order chi connectivity index (χ1) is 8.16. The molecule has 0 aromatic carbocycles. The molecule has 0 aliphatic heterocycles. The van der Waals surface area contributed by atoms with Crippen molar-refractivity contribution in [1.29, 1.82) is 0 Å². The Labute approximate surface area is 105 Å². The van der Waals surface area contributed by atoms with E-state index in [1.165, 1.54) is 0 Å². The van der Waals surface area contributed by atoms with E-state index in [-0.39, 0.29) is 25.3 Å². The summed E-state index contributed by atoms with van der Waals surface area (Å²) in [5.41, 5.74) is 0. The number of alkyl halides is 2. The van der Waals surface area contributed by atoms with E-state index in [0.717, 1.165) is 6.26 Å². The van der Waals surface area contributed by atoms with Crippen LogP contribution in [-0.2, 0) is 14.6 Å². The molecule has 2 saturated carbocycles. The standard InChI is InChI=1S/C11H17F2NO3S/c1-18(16,17)10(3-2-4-10)9(15)14-7-8-5-11(12,13)6-8/h8H,2-7H2,1H3,(H,14,15). The number of carbonyl (C=O) groups excluding carboxylic acids is 1. The molecule has 0 spiro atoms. The van der Waals surface area contributed by atoms with Crippen molar-refractivity contribution in [2.24, 2.45) is 5.92 Å². The van der Waals surface area contributed by atoms with Gasteiger partial charge in [0.15, 0.2) is 9.84 Å². The molecule has 7 heteroatoms. The van der Waals surface area contributed by atoms with Gasteiger partial charge in [-0.25, -0.2) is 17.2 Å². The average Bonchev–Trinajstić information content (AvgIpc) is 2.06. The van der Waals surface area contributed by atoms with Crippen molar-refractivity contribution in [2.45, 2.75) is 42.8 Å². The third kappa shape index (κ3) is 2.24. The second-order valence-electron chi connectivity index (χ2n) is 5.46. The van der Waals surface area contributed by atoms with E-state index < -0.39 is 26.4 Å². The maximum Gasteiger partial charge on any atom is 0.248 e. The summed E-state index contributed by atoms with van der Waals surface area (Å²) in [7, 11) is -3.45. The van der Waals surface area contributed by atoms with Gasteiger partial charge >= 0.3 is 0 Å². The molecule has 2 aliphatic rings. The number of hydrogen-bond donors (Lipinski definition) is 1. The summed E-state index contributed by atoms with van der Waals surface area (Å²) < 4.78 is 47.2. The molecule has 104 valence electrons. The van der Waals surface area contributed by atoms with Gasteiger partial charge < -0.3 is 5.32 Å². The van der Waals surface area contributed by atoms with Gasteiger partial charge in [-0.15, -0.1) is 0 Å². The van der Waals surface area contributed by atoms with Gasteiger partial charge in [-0.2, -0.15) is 0 Å². The van der Waals surface area contributed by atoms with Crippen molar-refractivity contribution in [2.75, 3.05) is 12.8 Å². The molecule has 0 radical (unpaired) electrons. The Morgan fingerprint density at radius 1 is 1.33 bits per heavy atom. The second kappa shape index (κ2) is 4.15. The summed E-state index contributed by atoms with van der Waals surface area (Å²) in [6.07, 6.45) is 1.99. The largest absolute Gasteiger partial charge is 0.354 e. The fraction of sp³-hybridized carbons (Fsp3) is 0.909. The lowest BCUT2D eigenvalue weighted by Crippen LogP contribution is -2.58. The number of amides is 1. The third-order valence-corrected chi connectivity index (χ3v) is 6.02. The molecule has 0 aromatic heterocycles. The zero-order valence-electron chi connectivity index (χ0n) is 10.2. The highest BCUT2D eigenvalue weighted by Gasteiger charge is 2.53. The van der Waals surface area contributed by atoms with Gasteiger partial charge in [-0.1, -0.05) is 0 Å². The Hall–Kier alpha value is -0.720. The first kappa shape index (κ1) is 13.7. The maximum atomic E-state index is 12.6. The van der Waals surface area contributed by atoms with Crippen LogP contribution in [0.25, 0.3) is 0 Å². The Morgan fingerprint density at radius 2 is 1.89 bits per heavy atom. The Morgan fingerprint density at radius 3 is 2.22 bits per heavy atom. The molecule has 0 unspecified atom stereocenters. The van der Waals surface area contributed by atoms with Gasteiger partial charge in [0, 0.05) is 25.6 Å². The van der Waals surface area contributed by atoms with Gasteiger partial charge in [-0.05, 0) is 25.2 Å². The monoisotopic (exact) mass is 281 g/mol. The van der Waals surface area contributed by atoms with Crippen molar-refractivity contribution >= 4 is 15.7 Å². The highest BCUT2D eigenvalue weighted by molar-refractivity contribution is 7.93. The van der Waals surface area contributed by atoms with Crippen LogP contribution in [0.3, 0.4) is 0 Å². The molecule has 0 atom stereocenters. The Balaban J connectivity index is 1.89. The molecule has 1 amide bonds. The topological polar surface area (TPSA) is 63.2 Å².